The number of halogens is 1. The van der Waals surface area contributed by atoms with Crippen molar-refractivity contribution in [2.24, 2.45) is 0 Å². The predicted octanol–water partition coefficient (Wildman–Crippen LogP) is 3.66. The molecule has 104 valence electrons. The molecule has 0 unspecified atom stereocenters. The topological polar surface area (TPSA) is 37.8 Å². The van der Waals surface area contributed by atoms with Crippen LogP contribution in [0, 0.1) is 0 Å². The molecule has 3 nitrogen and oxygen atoms in total. The fourth-order valence-electron chi connectivity index (χ4n) is 2.84. The second-order valence-electron chi connectivity index (χ2n) is 5.26. The second-order valence-corrected chi connectivity index (χ2v) is 5.62. The number of fused-ring (bicyclic) bond motifs is 1. The quantitative estimate of drug-likeness (QED) is 0.872. The van der Waals surface area contributed by atoms with Gasteiger partial charge in [-0.2, -0.15) is 0 Å². The minimum absolute atomic E-state index is 0.397. The van der Waals surface area contributed by atoms with Gasteiger partial charge in [-0.05, 0) is 30.4 Å². The Kier molecular flexibility index (Phi) is 3.88. The van der Waals surface area contributed by atoms with Crippen molar-refractivity contribution in [3.8, 4) is 0 Å². The number of benzene rings is 1. The van der Waals surface area contributed by atoms with Gasteiger partial charge in [0.05, 0.1) is 0 Å². The van der Waals surface area contributed by atoms with Gasteiger partial charge in [0.1, 0.15) is 17.3 Å². The van der Waals surface area contributed by atoms with E-state index >= 15 is 0 Å². The van der Waals surface area contributed by atoms with Crippen molar-refractivity contribution in [2.45, 2.75) is 38.6 Å². The van der Waals surface area contributed by atoms with E-state index in [1.807, 2.05) is 0 Å². The number of aromatic nitrogens is 2. The Morgan fingerprint density at radius 1 is 1.20 bits per heavy atom. The standard InChI is InChI=1S/C16H18ClN3/c1-2-5-14-15(17)18-10-19-16(14)20-13-8-11-6-3-4-7-12(11)9-13/h3-4,6-7,10,13H,2,5,8-9H2,1H3,(H,18,19,20). The summed E-state index contributed by atoms with van der Waals surface area (Å²) in [5, 5.41) is 4.12. The fraction of sp³-hybridized carbons (Fsp3) is 0.375. The molecule has 0 spiro atoms. The van der Waals surface area contributed by atoms with Crippen LogP contribution in [0.5, 0.6) is 0 Å². The van der Waals surface area contributed by atoms with Crippen molar-refractivity contribution >= 4 is 17.4 Å². The van der Waals surface area contributed by atoms with E-state index in [0.29, 0.717) is 11.2 Å². The van der Waals surface area contributed by atoms with Gasteiger partial charge in [-0.25, -0.2) is 9.97 Å². The first-order valence-corrected chi connectivity index (χ1v) is 7.48. The van der Waals surface area contributed by atoms with Crippen LogP contribution in [-0.2, 0) is 19.3 Å². The highest BCUT2D eigenvalue weighted by atomic mass is 35.5. The van der Waals surface area contributed by atoms with Gasteiger partial charge in [-0.1, -0.05) is 49.2 Å². The van der Waals surface area contributed by atoms with Crippen LogP contribution in [-0.4, -0.2) is 16.0 Å². The molecule has 1 heterocycles. The lowest BCUT2D eigenvalue weighted by atomic mass is 10.1. The summed E-state index contributed by atoms with van der Waals surface area (Å²) in [6.07, 6.45) is 5.56. The van der Waals surface area contributed by atoms with Crippen molar-refractivity contribution in [1.82, 2.24) is 9.97 Å². The van der Waals surface area contributed by atoms with E-state index in [9.17, 15) is 0 Å². The minimum Gasteiger partial charge on any atom is -0.366 e. The molecule has 0 fully saturated rings. The Balaban J connectivity index is 1.78. The molecule has 1 aliphatic carbocycles. The summed E-state index contributed by atoms with van der Waals surface area (Å²) in [4.78, 5) is 8.46. The average Bonchev–Trinajstić information content (AvgIpc) is 2.85. The first kappa shape index (κ1) is 13.4. The summed E-state index contributed by atoms with van der Waals surface area (Å²) in [5.41, 5.74) is 3.90. The molecular weight excluding hydrogens is 270 g/mol. The van der Waals surface area contributed by atoms with Crippen molar-refractivity contribution in [3.63, 3.8) is 0 Å². The molecule has 0 radical (unpaired) electrons. The van der Waals surface area contributed by atoms with Crippen LogP contribution in [0.25, 0.3) is 0 Å². The third-order valence-electron chi connectivity index (χ3n) is 3.78. The smallest absolute Gasteiger partial charge is 0.137 e. The minimum atomic E-state index is 0.397. The van der Waals surface area contributed by atoms with E-state index in [-0.39, 0.29) is 0 Å². The van der Waals surface area contributed by atoms with Gasteiger partial charge >= 0.3 is 0 Å². The molecule has 0 amide bonds. The van der Waals surface area contributed by atoms with E-state index in [0.717, 1.165) is 37.1 Å². The molecule has 1 aliphatic rings. The molecular formula is C16H18ClN3. The highest BCUT2D eigenvalue weighted by molar-refractivity contribution is 6.30. The number of hydrogen-bond acceptors (Lipinski definition) is 3. The number of anilines is 1. The van der Waals surface area contributed by atoms with E-state index in [4.69, 9.17) is 11.6 Å². The maximum absolute atomic E-state index is 6.19. The van der Waals surface area contributed by atoms with Gasteiger partial charge in [0.25, 0.3) is 0 Å². The Bertz CT molecular complexity index is 587. The summed E-state index contributed by atoms with van der Waals surface area (Å²) in [6.45, 7) is 2.14. The van der Waals surface area contributed by atoms with Gasteiger partial charge in [0.15, 0.2) is 0 Å². The van der Waals surface area contributed by atoms with Gasteiger partial charge < -0.3 is 5.32 Å². The molecule has 20 heavy (non-hydrogen) atoms. The van der Waals surface area contributed by atoms with E-state index in [2.05, 4.69) is 46.5 Å². The predicted molar refractivity (Wildman–Crippen MR) is 82.3 cm³/mol. The third kappa shape index (κ3) is 2.63. The Labute approximate surface area is 124 Å². The molecule has 0 saturated heterocycles. The van der Waals surface area contributed by atoms with Gasteiger partial charge in [-0.15, -0.1) is 0 Å². The van der Waals surface area contributed by atoms with E-state index in [1.54, 1.807) is 0 Å². The SMILES string of the molecule is CCCc1c(Cl)ncnc1NC1Cc2ccccc2C1. The summed E-state index contributed by atoms with van der Waals surface area (Å²) in [5.74, 6) is 0.893. The first-order chi connectivity index (χ1) is 9.78. The Morgan fingerprint density at radius 2 is 1.90 bits per heavy atom. The number of nitrogens with one attached hydrogen (secondary N) is 1. The lowest BCUT2D eigenvalue weighted by Crippen LogP contribution is -2.21. The van der Waals surface area contributed by atoms with Gasteiger partial charge in [-0.3, -0.25) is 0 Å². The molecule has 0 saturated carbocycles. The first-order valence-electron chi connectivity index (χ1n) is 7.10. The second kappa shape index (κ2) is 5.80. The molecule has 1 N–H and O–H groups in total. The van der Waals surface area contributed by atoms with Crippen LogP contribution in [0.2, 0.25) is 5.15 Å². The maximum atomic E-state index is 6.19. The molecule has 4 heteroatoms. The molecule has 0 bridgehead atoms. The third-order valence-corrected chi connectivity index (χ3v) is 4.11. The van der Waals surface area contributed by atoms with Gasteiger partial charge in [0.2, 0.25) is 0 Å². The molecule has 1 aromatic carbocycles. The van der Waals surface area contributed by atoms with Crippen LogP contribution in [0.15, 0.2) is 30.6 Å². The highest BCUT2D eigenvalue weighted by Gasteiger charge is 2.22. The zero-order valence-corrected chi connectivity index (χ0v) is 12.3. The van der Waals surface area contributed by atoms with E-state index in [1.165, 1.54) is 17.5 Å². The fourth-order valence-corrected chi connectivity index (χ4v) is 3.07. The monoisotopic (exact) mass is 287 g/mol. The van der Waals surface area contributed by atoms with Crippen LogP contribution in [0.1, 0.15) is 30.0 Å². The molecule has 2 aromatic rings. The van der Waals surface area contributed by atoms with E-state index < -0.39 is 0 Å². The molecule has 1 aromatic heterocycles. The van der Waals surface area contributed by atoms with Crippen LogP contribution < -0.4 is 5.32 Å². The summed E-state index contributed by atoms with van der Waals surface area (Å²) in [6, 6.07) is 9.01. The Morgan fingerprint density at radius 3 is 2.55 bits per heavy atom. The van der Waals surface area contributed by atoms with Crippen molar-refractivity contribution in [3.05, 3.63) is 52.4 Å². The lowest BCUT2D eigenvalue weighted by Gasteiger charge is -2.16. The lowest BCUT2D eigenvalue weighted by molar-refractivity contribution is 0.761. The maximum Gasteiger partial charge on any atom is 0.137 e. The number of rotatable bonds is 4. The average molecular weight is 288 g/mol. The zero-order valence-electron chi connectivity index (χ0n) is 11.6. The molecule has 0 atom stereocenters. The molecule has 3 rings (SSSR count). The number of hydrogen-bond donors (Lipinski definition) is 1. The van der Waals surface area contributed by atoms with Crippen molar-refractivity contribution in [2.75, 3.05) is 5.32 Å². The van der Waals surface area contributed by atoms with Gasteiger partial charge in [0, 0.05) is 11.6 Å². The van der Waals surface area contributed by atoms with Crippen molar-refractivity contribution < 1.29 is 0 Å². The summed E-state index contributed by atoms with van der Waals surface area (Å²) < 4.78 is 0. The van der Waals surface area contributed by atoms with Crippen LogP contribution in [0.3, 0.4) is 0 Å². The Hall–Kier alpha value is -1.61. The normalized spacial score (nSPS) is 14.3. The summed E-state index contributed by atoms with van der Waals surface area (Å²) in [7, 11) is 0. The number of nitrogens with zero attached hydrogens (tertiary/aromatic N) is 2. The highest BCUT2D eigenvalue weighted by Crippen LogP contribution is 2.27. The summed E-state index contributed by atoms with van der Waals surface area (Å²) >= 11 is 6.19. The molecule has 0 aliphatic heterocycles. The van der Waals surface area contributed by atoms with Crippen LogP contribution in [0.4, 0.5) is 5.82 Å². The largest absolute Gasteiger partial charge is 0.366 e. The van der Waals surface area contributed by atoms with Crippen LogP contribution >= 0.6 is 11.6 Å². The van der Waals surface area contributed by atoms with Crippen molar-refractivity contribution in [1.29, 1.82) is 0 Å². The zero-order chi connectivity index (χ0) is 13.9.